The summed E-state index contributed by atoms with van der Waals surface area (Å²) >= 11 is 3.40. The van der Waals surface area contributed by atoms with Crippen molar-refractivity contribution in [2.24, 2.45) is 0 Å². The summed E-state index contributed by atoms with van der Waals surface area (Å²) < 4.78 is 12.4. The first-order valence-electron chi connectivity index (χ1n) is 7.31. The largest absolute Gasteiger partial charge is 0.486 e. The molecule has 1 N–H and O–H groups in total. The van der Waals surface area contributed by atoms with Crippen molar-refractivity contribution in [2.75, 3.05) is 13.2 Å². The molecule has 0 fully saturated rings. The average molecular weight is 374 g/mol. The van der Waals surface area contributed by atoms with Crippen LogP contribution in [0, 0.1) is 0 Å². The Morgan fingerprint density at radius 1 is 1.22 bits per heavy atom. The van der Waals surface area contributed by atoms with Crippen molar-refractivity contribution in [3.05, 3.63) is 64.6 Å². The number of rotatable bonds is 4. The maximum Gasteiger partial charge on any atom is 0.244 e. The number of amides is 1. The lowest BCUT2D eigenvalue weighted by atomic mass is 10.2. The van der Waals surface area contributed by atoms with E-state index in [4.69, 9.17) is 9.47 Å². The number of hydrogen-bond donors (Lipinski definition) is 1. The predicted octanol–water partition coefficient (Wildman–Crippen LogP) is 3.42. The van der Waals surface area contributed by atoms with E-state index in [0.717, 1.165) is 15.8 Å². The molecular formula is C18H16BrNO3. The Kier molecular flexibility index (Phi) is 4.98. The number of ether oxygens (including phenoxy) is 2. The number of halogens is 1. The first-order valence-corrected chi connectivity index (χ1v) is 8.10. The van der Waals surface area contributed by atoms with Crippen LogP contribution in [0.1, 0.15) is 5.56 Å². The lowest BCUT2D eigenvalue weighted by Crippen LogP contribution is -2.40. The van der Waals surface area contributed by atoms with Crippen LogP contribution in [0.25, 0.3) is 6.08 Å². The van der Waals surface area contributed by atoms with Crippen molar-refractivity contribution in [1.29, 1.82) is 0 Å². The van der Waals surface area contributed by atoms with Crippen LogP contribution in [-0.2, 0) is 4.79 Å². The van der Waals surface area contributed by atoms with Gasteiger partial charge >= 0.3 is 0 Å². The van der Waals surface area contributed by atoms with Crippen LogP contribution in [-0.4, -0.2) is 25.2 Å². The number of carbonyl (C=O) groups excluding carboxylic acids is 1. The number of benzene rings is 2. The molecule has 1 aliphatic rings. The van der Waals surface area contributed by atoms with Gasteiger partial charge in [-0.05, 0) is 35.9 Å². The van der Waals surface area contributed by atoms with Crippen molar-refractivity contribution >= 4 is 27.9 Å². The maximum atomic E-state index is 11.9. The molecule has 0 spiro atoms. The standard InChI is InChI=1S/C18H16BrNO3/c19-14-5-3-4-13(10-14)8-9-18(21)20-11-15-12-22-16-6-1-2-7-17(16)23-15/h1-10,15H,11-12H2,(H,20,21)/b9-8+/t15-/m0/s1. The zero-order chi connectivity index (χ0) is 16.1. The van der Waals surface area contributed by atoms with Crippen LogP contribution in [0.15, 0.2) is 59.1 Å². The summed E-state index contributed by atoms with van der Waals surface area (Å²) in [5, 5.41) is 2.83. The number of nitrogens with one attached hydrogen (secondary N) is 1. The fourth-order valence-electron chi connectivity index (χ4n) is 2.22. The Morgan fingerprint density at radius 3 is 2.87 bits per heavy atom. The van der Waals surface area contributed by atoms with E-state index in [9.17, 15) is 4.79 Å². The van der Waals surface area contributed by atoms with Crippen LogP contribution in [0.4, 0.5) is 0 Å². The van der Waals surface area contributed by atoms with E-state index in [2.05, 4.69) is 21.2 Å². The molecule has 0 unspecified atom stereocenters. The van der Waals surface area contributed by atoms with Gasteiger partial charge in [-0.15, -0.1) is 0 Å². The Morgan fingerprint density at radius 2 is 2.04 bits per heavy atom. The molecule has 0 aromatic heterocycles. The van der Waals surface area contributed by atoms with Gasteiger partial charge in [0.25, 0.3) is 0 Å². The predicted molar refractivity (Wildman–Crippen MR) is 92.5 cm³/mol. The quantitative estimate of drug-likeness (QED) is 0.835. The highest BCUT2D eigenvalue weighted by Gasteiger charge is 2.20. The van der Waals surface area contributed by atoms with Crippen molar-refractivity contribution in [3.63, 3.8) is 0 Å². The molecular weight excluding hydrogens is 358 g/mol. The first kappa shape index (κ1) is 15.6. The molecule has 0 saturated heterocycles. The molecule has 1 aliphatic heterocycles. The van der Waals surface area contributed by atoms with Gasteiger partial charge in [0.15, 0.2) is 11.5 Å². The lowest BCUT2D eigenvalue weighted by molar-refractivity contribution is -0.116. The monoisotopic (exact) mass is 373 g/mol. The highest BCUT2D eigenvalue weighted by molar-refractivity contribution is 9.10. The smallest absolute Gasteiger partial charge is 0.244 e. The third kappa shape index (κ3) is 4.36. The Hall–Kier alpha value is -2.27. The van der Waals surface area contributed by atoms with Crippen LogP contribution in [0.3, 0.4) is 0 Å². The van der Waals surface area contributed by atoms with Crippen LogP contribution in [0.5, 0.6) is 11.5 Å². The highest BCUT2D eigenvalue weighted by Crippen LogP contribution is 2.30. The van der Waals surface area contributed by atoms with Gasteiger partial charge in [-0.1, -0.05) is 40.2 Å². The van der Waals surface area contributed by atoms with Crippen molar-refractivity contribution in [2.45, 2.75) is 6.10 Å². The van der Waals surface area contributed by atoms with Gasteiger partial charge in [0.05, 0.1) is 6.54 Å². The molecule has 23 heavy (non-hydrogen) atoms. The van der Waals surface area contributed by atoms with Crippen molar-refractivity contribution in [3.8, 4) is 11.5 Å². The molecule has 0 bridgehead atoms. The molecule has 0 saturated carbocycles. The maximum absolute atomic E-state index is 11.9. The Balaban J connectivity index is 1.50. The van der Waals surface area contributed by atoms with Gasteiger partial charge in [0, 0.05) is 10.5 Å². The zero-order valence-electron chi connectivity index (χ0n) is 12.4. The summed E-state index contributed by atoms with van der Waals surface area (Å²) in [6.07, 6.45) is 3.10. The molecule has 1 atom stereocenters. The number of fused-ring (bicyclic) bond motifs is 1. The summed E-state index contributed by atoms with van der Waals surface area (Å²) in [6, 6.07) is 15.3. The van der Waals surface area contributed by atoms with Gasteiger partial charge in [-0.25, -0.2) is 0 Å². The summed E-state index contributed by atoms with van der Waals surface area (Å²) in [6.45, 7) is 0.822. The van der Waals surface area contributed by atoms with E-state index in [1.54, 1.807) is 6.08 Å². The summed E-state index contributed by atoms with van der Waals surface area (Å²) in [5.74, 6) is 1.29. The summed E-state index contributed by atoms with van der Waals surface area (Å²) in [4.78, 5) is 11.9. The van der Waals surface area contributed by atoms with Crippen LogP contribution < -0.4 is 14.8 Å². The van der Waals surface area contributed by atoms with E-state index < -0.39 is 0 Å². The minimum Gasteiger partial charge on any atom is -0.486 e. The molecule has 4 nitrogen and oxygen atoms in total. The van der Waals surface area contributed by atoms with E-state index in [1.807, 2.05) is 48.5 Å². The van der Waals surface area contributed by atoms with Crippen molar-refractivity contribution < 1.29 is 14.3 Å². The summed E-state index contributed by atoms with van der Waals surface area (Å²) in [5.41, 5.74) is 0.959. The topological polar surface area (TPSA) is 47.6 Å². The third-order valence-corrected chi connectivity index (χ3v) is 3.84. The van der Waals surface area contributed by atoms with Gasteiger partial charge < -0.3 is 14.8 Å². The molecule has 118 valence electrons. The van der Waals surface area contributed by atoms with Crippen molar-refractivity contribution in [1.82, 2.24) is 5.32 Å². The molecule has 5 heteroatoms. The zero-order valence-corrected chi connectivity index (χ0v) is 14.0. The van der Waals surface area contributed by atoms with E-state index >= 15 is 0 Å². The van der Waals surface area contributed by atoms with Gasteiger partial charge in [-0.3, -0.25) is 4.79 Å². The second kappa shape index (κ2) is 7.33. The normalized spacial score (nSPS) is 16.3. The van der Waals surface area contributed by atoms with Crippen LogP contribution in [0.2, 0.25) is 0 Å². The molecule has 0 radical (unpaired) electrons. The second-order valence-electron chi connectivity index (χ2n) is 5.13. The lowest BCUT2D eigenvalue weighted by Gasteiger charge is -2.26. The molecule has 1 amide bonds. The average Bonchev–Trinajstić information content (AvgIpc) is 2.58. The fourth-order valence-corrected chi connectivity index (χ4v) is 2.64. The molecule has 2 aromatic rings. The second-order valence-corrected chi connectivity index (χ2v) is 6.05. The van der Waals surface area contributed by atoms with Gasteiger partial charge in [0.1, 0.15) is 12.7 Å². The van der Waals surface area contributed by atoms with Gasteiger partial charge in [-0.2, -0.15) is 0 Å². The number of carbonyl (C=O) groups is 1. The van der Waals surface area contributed by atoms with E-state index in [1.165, 1.54) is 6.08 Å². The Labute approximate surface area is 143 Å². The Bertz CT molecular complexity index is 730. The van der Waals surface area contributed by atoms with E-state index in [-0.39, 0.29) is 12.0 Å². The fraction of sp³-hybridized carbons (Fsp3) is 0.167. The SMILES string of the molecule is O=C(/C=C/c1cccc(Br)c1)NC[C@H]1COc2ccccc2O1. The van der Waals surface area contributed by atoms with Crippen LogP contribution >= 0.6 is 15.9 Å². The number of hydrogen-bond acceptors (Lipinski definition) is 3. The molecule has 2 aromatic carbocycles. The summed E-state index contributed by atoms with van der Waals surface area (Å²) in [7, 11) is 0. The molecule has 3 rings (SSSR count). The molecule has 1 heterocycles. The highest BCUT2D eigenvalue weighted by atomic mass is 79.9. The van der Waals surface area contributed by atoms with E-state index in [0.29, 0.717) is 18.9 Å². The minimum atomic E-state index is -0.187. The number of para-hydroxylation sites is 2. The van der Waals surface area contributed by atoms with Gasteiger partial charge in [0.2, 0.25) is 5.91 Å². The third-order valence-electron chi connectivity index (χ3n) is 3.35. The minimum absolute atomic E-state index is 0.160. The first-order chi connectivity index (χ1) is 11.2. The molecule has 0 aliphatic carbocycles.